The van der Waals surface area contributed by atoms with E-state index < -0.39 is 12.6 Å². The summed E-state index contributed by atoms with van der Waals surface area (Å²) in [4.78, 5) is 14.6. The largest absolute Gasteiger partial charge is 0.464 e. The van der Waals surface area contributed by atoms with Crippen molar-refractivity contribution >= 4 is 16.9 Å². The molecule has 2 atom stereocenters. The maximum atomic E-state index is 13.1. The topological polar surface area (TPSA) is 90.6 Å². The lowest BCUT2D eigenvalue weighted by atomic mass is 9.92. The van der Waals surface area contributed by atoms with Crippen molar-refractivity contribution in [1.82, 2.24) is 4.90 Å². The number of nitrogens with zero attached hydrogens (tertiary/aromatic N) is 1. The predicted octanol–water partition coefficient (Wildman–Crippen LogP) is 3.01. The molecule has 170 valence electrons. The van der Waals surface area contributed by atoms with Crippen LogP contribution < -0.4 is 0 Å². The van der Waals surface area contributed by atoms with Crippen LogP contribution in [0.5, 0.6) is 0 Å². The van der Waals surface area contributed by atoms with Crippen molar-refractivity contribution in [1.29, 1.82) is 0 Å². The van der Waals surface area contributed by atoms with Crippen LogP contribution in [0.15, 0.2) is 46.8 Å². The molecule has 1 aromatic heterocycles. The van der Waals surface area contributed by atoms with Gasteiger partial charge in [-0.05, 0) is 25.0 Å². The molecule has 1 aliphatic rings. The second-order valence-electron chi connectivity index (χ2n) is 7.50. The van der Waals surface area contributed by atoms with E-state index in [1.807, 2.05) is 30.3 Å². The van der Waals surface area contributed by atoms with E-state index in [0.29, 0.717) is 25.9 Å². The molecule has 2 heterocycles. The van der Waals surface area contributed by atoms with E-state index in [-0.39, 0.29) is 30.7 Å². The number of amides is 1. The fourth-order valence-electron chi connectivity index (χ4n) is 3.58. The number of hydrogen-bond acceptors (Lipinski definition) is 7. The van der Waals surface area contributed by atoms with Crippen molar-refractivity contribution in [2.75, 3.05) is 41.0 Å². The Morgan fingerprint density at radius 3 is 2.77 bits per heavy atom. The van der Waals surface area contributed by atoms with Gasteiger partial charge in [-0.3, -0.25) is 4.79 Å². The molecule has 3 rings (SSSR count). The van der Waals surface area contributed by atoms with Gasteiger partial charge in [0.05, 0.1) is 19.4 Å². The van der Waals surface area contributed by atoms with Crippen LogP contribution >= 0.6 is 0 Å². The van der Waals surface area contributed by atoms with Crippen LogP contribution in [0.4, 0.5) is 0 Å². The minimum atomic E-state index is -0.574. The Kier molecular flexibility index (Phi) is 8.48. The number of rotatable bonds is 11. The normalized spacial score (nSPS) is 18.8. The van der Waals surface area contributed by atoms with Gasteiger partial charge < -0.3 is 33.4 Å². The second kappa shape index (κ2) is 11.3. The fourth-order valence-corrected chi connectivity index (χ4v) is 3.58. The van der Waals surface area contributed by atoms with Gasteiger partial charge in [-0.1, -0.05) is 18.2 Å². The summed E-state index contributed by atoms with van der Waals surface area (Å²) in [5.74, 6) is -0.157. The molecule has 2 aromatic rings. The number of likely N-dealkylation sites (N-methyl/N-ethyl adjacent to an activating group) is 1. The van der Waals surface area contributed by atoms with Crippen LogP contribution in [-0.4, -0.2) is 69.5 Å². The number of ether oxygens (including phenoxy) is 4. The SMILES string of the molecule is COC(CN(C)C(=O)C1=CC(c2coc3ccccc23)CC(OCCCCO)O1)OC. The van der Waals surface area contributed by atoms with E-state index in [2.05, 4.69) is 0 Å². The lowest BCUT2D eigenvalue weighted by Crippen LogP contribution is -2.39. The van der Waals surface area contributed by atoms with E-state index in [1.54, 1.807) is 13.3 Å². The summed E-state index contributed by atoms with van der Waals surface area (Å²) in [5.41, 5.74) is 1.79. The van der Waals surface area contributed by atoms with Crippen molar-refractivity contribution in [2.24, 2.45) is 0 Å². The highest BCUT2D eigenvalue weighted by atomic mass is 16.7. The average Bonchev–Trinajstić information content (AvgIpc) is 3.23. The zero-order chi connectivity index (χ0) is 22.2. The minimum Gasteiger partial charge on any atom is -0.464 e. The van der Waals surface area contributed by atoms with Gasteiger partial charge in [-0.25, -0.2) is 0 Å². The molecule has 0 saturated heterocycles. The van der Waals surface area contributed by atoms with E-state index in [9.17, 15) is 4.79 Å². The highest BCUT2D eigenvalue weighted by molar-refractivity contribution is 5.92. The van der Waals surface area contributed by atoms with Crippen LogP contribution in [0.3, 0.4) is 0 Å². The van der Waals surface area contributed by atoms with Gasteiger partial charge in [0.1, 0.15) is 5.58 Å². The maximum Gasteiger partial charge on any atom is 0.288 e. The van der Waals surface area contributed by atoms with E-state index >= 15 is 0 Å². The Morgan fingerprint density at radius 1 is 1.26 bits per heavy atom. The Hall–Kier alpha value is -2.39. The van der Waals surface area contributed by atoms with Crippen molar-refractivity contribution in [3.05, 3.63) is 47.9 Å². The van der Waals surface area contributed by atoms with Crippen LogP contribution in [-0.2, 0) is 23.7 Å². The molecule has 2 unspecified atom stereocenters. The number of aliphatic hydroxyl groups is 1. The lowest BCUT2D eigenvalue weighted by molar-refractivity contribution is -0.158. The van der Waals surface area contributed by atoms with Crippen molar-refractivity contribution in [3.8, 4) is 0 Å². The van der Waals surface area contributed by atoms with Gasteiger partial charge in [0, 0.05) is 51.2 Å². The van der Waals surface area contributed by atoms with Crippen molar-refractivity contribution in [3.63, 3.8) is 0 Å². The summed E-state index contributed by atoms with van der Waals surface area (Å²) in [6.07, 6.45) is 4.39. The predicted molar refractivity (Wildman–Crippen MR) is 114 cm³/mol. The molecular formula is C23H31NO7. The first kappa shape index (κ1) is 23.3. The first-order valence-corrected chi connectivity index (χ1v) is 10.5. The molecule has 31 heavy (non-hydrogen) atoms. The number of hydrogen-bond donors (Lipinski definition) is 1. The standard InChI is InChI=1S/C23H31NO7/c1-24(14-22(27-2)28-3)23(26)20-12-16(13-21(31-20)29-11-7-6-10-25)18-15-30-19-9-5-4-8-17(18)19/h4-5,8-9,12,15-16,21-22,25H,6-7,10-11,13-14H2,1-3H3. The number of para-hydroxylation sites is 1. The third-order valence-electron chi connectivity index (χ3n) is 5.33. The molecule has 0 radical (unpaired) electrons. The molecule has 8 heteroatoms. The summed E-state index contributed by atoms with van der Waals surface area (Å²) < 4.78 is 27.9. The number of fused-ring (bicyclic) bond motifs is 1. The number of aliphatic hydroxyl groups excluding tert-OH is 1. The Bertz CT molecular complexity index is 874. The molecule has 1 N–H and O–H groups in total. The molecule has 1 aliphatic heterocycles. The third-order valence-corrected chi connectivity index (χ3v) is 5.33. The van der Waals surface area contributed by atoms with Crippen molar-refractivity contribution < 1.29 is 33.3 Å². The molecule has 0 saturated carbocycles. The Morgan fingerprint density at radius 2 is 2.03 bits per heavy atom. The molecule has 8 nitrogen and oxygen atoms in total. The smallest absolute Gasteiger partial charge is 0.288 e. The number of furan rings is 1. The van der Waals surface area contributed by atoms with Gasteiger partial charge in [-0.2, -0.15) is 0 Å². The number of carbonyl (C=O) groups is 1. The molecule has 0 spiro atoms. The minimum absolute atomic E-state index is 0.103. The summed E-state index contributed by atoms with van der Waals surface area (Å²) in [5, 5.41) is 9.99. The van der Waals surface area contributed by atoms with Crippen LogP contribution in [0.25, 0.3) is 11.0 Å². The summed E-state index contributed by atoms with van der Waals surface area (Å²) in [6, 6.07) is 7.81. The van der Waals surface area contributed by atoms with Crippen molar-refractivity contribution in [2.45, 2.75) is 37.8 Å². The van der Waals surface area contributed by atoms with E-state index in [1.165, 1.54) is 19.1 Å². The first-order chi connectivity index (χ1) is 15.1. The highest BCUT2D eigenvalue weighted by Crippen LogP contribution is 2.36. The molecule has 1 aromatic carbocycles. The van der Waals surface area contributed by atoms with E-state index in [4.69, 9.17) is 28.5 Å². The van der Waals surface area contributed by atoms with Gasteiger partial charge in [0.15, 0.2) is 12.0 Å². The van der Waals surface area contributed by atoms with E-state index in [0.717, 1.165) is 16.5 Å². The maximum absolute atomic E-state index is 13.1. The second-order valence-corrected chi connectivity index (χ2v) is 7.50. The number of unbranched alkanes of at least 4 members (excludes halogenated alkanes) is 1. The van der Waals surface area contributed by atoms with Crippen LogP contribution in [0, 0.1) is 0 Å². The summed E-state index contributed by atoms with van der Waals surface area (Å²) in [7, 11) is 4.73. The highest BCUT2D eigenvalue weighted by Gasteiger charge is 2.32. The van der Waals surface area contributed by atoms with Gasteiger partial charge in [0.25, 0.3) is 5.91 Å². The molecule has 0 fully saturated rings. The summed E-state index contributed by atoms with van der Waals surface area (Å²) in [6.45, 7) is 0.817. The number of carbonyl (C=O) groups excluding carboxylic acids is 1. The monoisotopic (exact) mass is 433 g/mol. The fraction of sp³-hybridized carbons (Fsp3) is 0.522. The number of methoxy groups -OCH3 is 2. The molecule has 1 amide bonds. The molecular weight excluding hydrogens is 402 g/mol. The quantitative estimate of drug-likeness (QED) is 0.430. The molecule has 0 aliphatic carbocycles. The lowest BCUT2D eigenvalue weighted by Gasteiger charge is -2.31. The Labute approximate surface area is 182 Å². The van der Waals surface area contributed by atoms with Gasteiger partial charge in [0.2, 0.25) is 6.29 Å². The third kappa shape index (κ3) is 5.86. The average molecular weight is 434 g/mol. The van der Waals surface area contributed by atoms with Crippen LogP contribution in [0.2, 0.25) is 0 Å². The van der Waals surface area contributed by atoms with Crippen LogP contribution in [0.1, 0.15) is 30.7 Å². The summed E-state index contributed by atoms with van der Waals surface area (Å²) >= 11 is 0. The Balaban J connectivity index is 1.82. The first-order valence-electron chi connectivity index (χ1n) is 10.5. The zero-order valence-corrected chi connectivity index (χ0v) is 18.3. The van der Waals surface area contributed by atoms with Gasteiger partial charge in [-0.15, -0.1) is 0 Å². The molecule has 0 bridgehead atoms. The number of allylic oxidation sites excluding steroid dienone is 1. The zero-order valence-electron chi connectivity index (χ0n) is 18.3. The number of benzene rings is 1. The van der Waals surface area contributed by atoms with Gasteiger partial charge >= 0.3 is 0 Å².